The lowest BCUT2D eigenvalue weighted by molar-refractivity contribution is 0.578. The van der Waals surface area contributed by atoms with E-state index in [1.807, 2.05) is 49.6 Å². The van der Waals surface area contributed by atoms with Gasteiger partial charge in [-0.3, -0.25) is 0 Å². The van der Waals surface area contributed by atoms with E-state index < -0.39 is 5.82 Å². The highest BCUT2D eigenvalue weighted by Gasteiger charge is 2.20. The number of benzene rings is 1. The molecule has 0 unspecified atom stereocenters. The number of nitrogens with two attached hydrogens (primary N) is 1. The Bertz CT molecular complexity index is 997. The number of aryl methyl sites for hydroxylation is 1. The minimum Gasteiger partial charge on any atom is -0.370 e. The zero-order valence-corrected chi connectivity index (χ0v) is 16.9. The van der Waals surface area contributed by atoms with Crippen LogP contribution in [-0.4, -0.2) is 38.7 Å². The largest absolute Gasteiger partial charge is 0.370 e. The molecule has 3 heterocycles. The number of hydrogen-bond acceptors (Lipinski definition) is 6. The van der Waals surface area contributed by atoms with Gasteiger partial charge in [-0.2, -0.15) is 0 Å². The van der Waals surface area contributed by atoms with Crippen molar-refractivity contribution in [3.63, 3.8) is 0 Å². The van der Waals surface area contributed by atoms with Gasteiger partial charge in [-0.05, 0) is 51.5 Å². The van der Waals surface area contributed by atoms with Crippen LogP contribution >= 0.6 is 0 Å². The van der Waals surface area contributed by atoms with E-state index in [0.717, 1.165) is 36.7 Å². The van der Waals surface area contributed by atoms with E-state index in [1.165, 1.54) is 6.20 Å². The molecule has 0 amide bonds. The monoisotopic (exact) mass is 395 g/mol. The van der Waals surface area contributed by atoms with E-state index >= 15 is 0 Å². The van der Waals surface area contributed by atoms with Crippen molar-refractivity contribution in [2.75, 3.05) is 23.3 Å². The fourth-order valence-corrected chi connectivity index (χ4v) is 3.79. The molecule has 152 valence electrons. The molecule has 0 radical (unpaired) electrons. The van der Waals surface area contributed by atoms with Crippen molar-refractivity contribution in [2.45, 2.75) is 39.3 Å². The second-order valence-electron chi connectivity index (χ2n) is 7.71. The molecule has 1 aliphatic heterocycles. The molecule has 3 N–H and O–H groups in total. The average Bonchev–Trinajstić information content (AvgIpc) is 3.29. The Hall–Kier alpha value is -3.00. The molecule has 0 spiro atoms. The molecule has 1 saturated heterocycles. The van der Waals surface area contributed by atoms with Crippen LogP contribution in [0.4, 0.5) is 21.7 Å². The minimum absolute atomic E-state index is 0.143. The zero-order valence-electron chi connectivity index (χ0n) is 16.9. The number of imidazole rings is 1. The van der Waals surface area contributed by atoms with Gasteiger partial charge in [0.15, 0.2) is 5.82 Å². The molecule has 8 heteroatoms. The number of hydrogen-bond donors (Lipinski definition) is 2. The van der Waals surface area contributed by atoms with Gasteiger partial charge in [0.25, 0.3) is 0 Å². The number of nitrogens with one attached hydrogen (secondary N) is 1. The SMILES string of the molecule is Cc1ncc(-c2nc(Nc3ccc(N4CC[C@H](N)C4)cc3)ncc2F)n1C(C)C. The summed E-state index contributed by atoms with van der Waals surface area (Å²) in [5, 5.41) is 3.16. The Kier molecular flexibility index (Phi) is 5.19. The predicted molar refractivity (Wildman–Crippen MR) is 113 cm³/mol. The quantitative estimate of drug-likeness (QED) is 0.686. The smallest absolute Gasteiger partial charge is 0.227 e. The third-order valence-electron chi connectivity index (χ3n) is 5.20. The molecule has 0 aliphatic carbocycles. The van der Waals surface area contributed by atoms with Gasteiger partial charge in [0, 0.05) is 36.5 Å². The van der Waals surface area contributed by atoms with Crippen molar-refractivity contribution in [2.24, 2.45) is 5.73 Å². The highest BCUT2D eigenvalue weighted by Crippen LogP contribution is 2.27. The van der Waals surface area contributed by atoms with Crippen molar-refractivity contribution in [1.29, 1.82) is 0 Å². The molecule has 0 saturated carbocycles. The molecular formula is C21H26FN7. The third-order valence-corrected chi connectivity index (χ3v) is 5.20. The van der Waals surface area contributed by atoms with Crippen molar-refractivity contribution in [3.05, 3.63) is 48.3 Å². The van der Waals surface area contributed by atoms with Gasteiger partial charge >= 0.3 is 0 Å². The molecule has 1 aliphatic rings. The van der Waals surface area contributed by atoms with Gasteiger partial charge in [-0.25, -0.2) is 19.3 Å². The molecule has 1 fully saturated rings. The molecular weight excluding hydrogens is 369 g/mol. The lowest BCUT2D eigenvalue weighted by Crippen LogP contribution is -2.26. The summed E-state index contributed by atoms with van der Waals surface area (Å²) >= 11 is 0. The molecule has 29 heavy (non-hydrogen) atoms. The van der Waals surface area contributed by atoms with Gasteiger partial charge < -0.3 is 20.5 Å². The molecule has 2 aromatic heterocycles. The van der Waals surface area contributed by atoms with Crippen molar-refractivity contribution in [3.8, 4) is 11.4 Å². The van der Waals surface area contributed by atoms with E-state index in [-0.39, 0.29) is 17.8 Å². The maximum Gasteiger partial charge on any atom is 0.227 e. The first kappa shape index (κ1) is 19.3. The maximum absolute atomic E-state index is 14.5. The maximum atomic E-state index is 14.5. The summed E-state index contributed by atoms with van der Waals surface area (Å²) in [5.74, 6) is 0.685. The summed E-state index contributed by atoms with van der Waals surface area (Å²) in [5.41, 5.74) is 8.84. The van der Waals surface area contributed by atoms with Crippen LogP contribution in [0.1, 0.15) is 32.1 Å². The second kappa shape index (κ2) is 7.79. The van der Waals surface area contributed by atoms with Crippen LogP contribution in [0.25, 0.3) is 11.4 Å². The standard InChI is InChI=1S/C21H26FN7/c1-13(2)29-14(3)24-11-19(29)20-18(22)10-25-21(27-20)26-16-4-6-17(7-5-16)28-9-8-15(23)12-28/h4-7,10-11,13,15H,8-9,12,23H2,1-3H3,(H,25,26,27)/t15-/m0/s1. The number of halogens is 1. The first-order valence-corrected chi connectivity index (χ1v) is 9.86. The van der Waals surface area contributed by atoms with Crippen LogP contribution in [0, 0.1) is 12.7 Å². The van der Waals surface area contributed by atoms with Gasteiger partial charge in [-0.1, -0.05) is 0 Å². The van der Waals surface area contributed by atoms with Crippen LogP contribution in [0.5, 0.6) is 0 Å². The normalized spacial score (nSPS) is 16.6. The van der Waals surface area contributed by atoms with Crippen molar-refractivity contribution >= 4 is 17.3 Å². The van der Waals surface area contributed by atoms with Crippen molar-refractivity contribution in [1.82, 2.24) is 19.5 Å². The van der Waals surface area contributed by atoms with Crippen LogP contribution in [0.3, 0.4) is 0 Å². The van der Waals surface area contributed by atoms with E-state index in [0.29, 0.717) is 11.6 Å². The minimum atomic E-state index is -0.474. The number of nitrogens with zero attached hydrogens (tertiary/aromatic N) is 5. The van der Waals surface area contributed by atoms with Gasteiger partial charge in [0.2, 0.25) is 5.95 Å². The summed E-state index contributed by atoms with van der Waals surface area (Å²) in [6.45, 7) is 7.81. The predicted octanol–water partition coefficient (Wildman–Crippen LogP) is 3.65. The first-order chi connectivity index (χ1) is 13.9. The fourth-order valence-electron chi connectivity index (χ4n) is 3.79. The molecule has 7 nitrogen and oxygen atoms in total. The zero-order chi connectivity index (χ0) is 20.5. The number of anilines is 3. The average molecular weight is 395 g/mol. The van der Waals surface area contributed by atoms with Gasteiger partial charge in [0.1, 0.15) is 11.5 Å². The molecule has 3 aromatic rings. The van der Waals surface area contributed by atoms with Crippen LogP contribution < -0.4 is 16.0 Å². The Balaban J connectivity index is 1.57. The Labute approximate surface area is 169 Å². The molecule has 0 bridgehead atoms. The Morgan fingerprint density at radius 2 is 1.93 bits per heavy atom. The first-order valence-electron chi connectivity index (χ1n) is 9.86. The number of rotatable bonds is 5. The topological polar surface area (TPSA) is 84.9 Å². The summed E-state index contributed by atoms with van der Waals surface area (Å²) in [6.07, 6.45) is 3.86. The van der Waals surface area contributed by atoms with Gasteiger partial charge in [-0.15, -0.1) is 0 Å². The van der Waals surface area contributed by atoms with Gasteiger partial charge in [0.05, 0.1) is 18.1 Å². The molecule has 1 aromatic carbocycles. The Morgan fingerprint density at radius 3 is 2.59 bits per heavy atom. The summed E-state index contributed by atoms with van der Waals surface area (Å²) in [6, 6.07) is 8.40. The highest BCUT2D eigenvalue weighted by atomic mass is 19.1. The highest BCUT2D eigenvalue weighted by molar-refractivity contribution is 5.62. The van der Waals surface area contributed by atoms with Crippen molar-refractivity contribution < 1.29 is 4.39 Å². The lowest BCUT2D eigenvalue weighted by Gasteiger charge is -2.18. The Morgan fingerprint density at radius 1 is 1.17 bits per heavy atom. The summed E-state index contributed by atoms with van der Waals surface area (Å²) < 4.78 is 16.5. The van der Waals surface area contributed by atoms with Crippen LogP contribution in [0.2, 0.25) is 0 Å². The molecule has 4 rings (SSSR count). The lowest BCUT2D eigenvalue weighted by atomic mass is 10.2. The van der Waals surface area contributed by atoms with Crippen LogP contribution in [0.15, 0.2) is 36.7 Å². The van der Waals surface area contributed by atoms with Crippen LogP contribution in [-0.2, 0) is 0 Å². The van der Waals surface area contributed by atoms with E-state index in [1.54, 1.807) is 6.20 Å². The van der Waals surface area contributed by atoms with E-state index in [9.17, 15) is 4.39 Å². The molecule has 1 atom stereocenters. The van der Waals surface area contributed by atoms with E-state index in [2.05, 4.69) is 25.2 Å². The summed E-state index contributed by atoms with van der Waals surface area (Å²) in [7, 11) is 0. The number of aromatic nitrogens is 4. The fraction of sp³-hybridized carbons (Fsp3) is 0.381. The third kappa shape index (κ3) is 3.93. The summed E-state index contributed by atoms with van der Waals surface area (Å²) in [4.78, 5) is 15.1. The van der Waals surface area contributed by atoms with E-state index in [4.69, 9.17) is 5.73 Å². The second-order valence-corrected chi connectivity index (χ2v) is 7.71.